The summed E-state index contributed by atoms with van der Waals surface area (Å²) in [7, 11) is 1.37. The van der Waals surface area contributed by atoms with Crippen LogP contribution in [0.2, 0.25) is 0 Å². The van der Waals surface area contributed by atoms with E-state index in [0.717, 1.165) is 27.7 Å². The molecular formula is C26H26N4O3S. The molecule has 3 aromatic carbocycles. The summed E-state index contributed by atoms with van der Waals surface area (Å²) in [4.78, 5) is 27.0. The third-order valence-electron chi connectivity index (χ3n) is 5.86. The zero-order valence-corrected chi connectivity index (χ0v) is 20.0. The molecule has 0 spiro atoms. The number of carbonyl (C=O) groups is 2. The maximum Gasteiger partial charge on any atom is 0.337 e. The molecule has 1 aliphatic rings. The molecule has 7 nitrogen and oxygen atoms in total. The number of benzene rings is 3. The molecule has 174 valence electrons. The molecule has 1 heterocycles. The second-order valence-electron chi connectivity index (χ2n) is 7.85. The van der Waals surface area contributed by atoms with Gasteiger partial charge in [0, 0.05) is 23.3 Å². The van der Waals surface area contributed by atoms with Crippen molar-refractivity contribution in [3.05, 3.63) is 83.6 Å². The summed E-state index contributed by atoms with van der Waals surface area (Å²) < 4.78 is 5.03. The van der Waals surface area contributed by atoms with Crippen LogP contribution in [0.15, 0.2) is 78.0 Å². The van der Waals surface area contributed by atoms with Gasteiger partial charge in [0.25, 0.3) is 0 Å². The number of hydrogen-bond donors (Lipinski definition) is 3. The van der Waals surface area contributed by atoms with Crippen molar-refractivity contribution in [1.29, 1.82) is 0 Å². The fraction of sp³-hybridized carbons (Fsp3) is 0.192. The first kappa shape index (κ1) is 23.3. The molecule has 3 aromatic rings. The summed E-state index contributed by atoms with van der Waals surface area (Å²) in [6, 6.07) is 20.1. The fourth-order valence-electron chi connectivity index (χ4n) is 4.16. The lowest BCUT2D eigenvalue weighted by Gasteiger charge is -2.36. The van der Waals surface area contributed by atoms with E-state index in [0.29, 0.717) is 22.9 Å². The number of amides is 2. The molecule has 34 heavy (non-hydrogen) atoms. The number of esters is 1. The van der Waals surface area contributed by atoms with Crippen molar-refractivity contribution in [2.75, 3.05) is 24.3 Å². The van der Waals surface area contributed by atoms with E-state index in [2.05, 4.69) is 16.0 Å². The smallest absolute Gasteiger partial charge is 0.337 e. The van der Waals surface area contributed by atoms with Gasteiger partial charge in [-0.3, -0.25) is 0 Å². The monoisotopic (exact) mass is 474 g/mol. The van der Waals surface area contributed by atoms with E-state index >= 15 is 0 Å². The largest absolute Gasteiger partial charge is 0.466 e. The Morgan fingerprint density at radius 2 is 1.74 bits per heavy atom. The molecule has 0 bridgehead atoms. The Labute approximate surface area is 203 Å². The number of hydrogen-bond acceptors (Lipinski definition) is 4. The predicted octanol–water partition coefficient (Wildman–Crippen LogP) is 5.18. The number of nitrogens with zero attached hydrogens (tertiary/aromatic N) is 1. The molecule has 2 amide bonds. The van der Waals surface area contributed by atoms with E-state index in [-0.39, 0.29) is 6.03 Å². The summed E-state index contributed by atoms with van der Waals surface area (Å²) in [5, 5.41) is 11.6. The third kappa shape index (κ3) is 4.58. The number of ether oxygens (including phenoxy) is 1. The minimum absolute atomic E-state index is 0.342. The van der Waals surface area contributed by atoms with Gasteiger partial charge in [-0.15, -0.1) is 0 Å². The highest BCUT2D eigenvalue weighted by Crippen LogP contribution is 2.32. The van der Waals surface area contributed by atoms with Gasteiger partial charge in [0.1, 0.15) is 0 Å². The maximum atomic E-state index is 12.6. The standard InChI is InChI=1S/C26H26N4O3S/c1-4-30-16(2)22(24(31)33-3)23(29-26(30)34)18-12-14-19(15-13-18)27-25(32)28-21-11-7-9-17-8-5-6-10-20(17)21/h5-15,23H,4H2,1-3H3,(H,29,34)(H2,27,28,32)/t23-/m1/s1. The Balaban J connectivity index is 1.52. The van der Waals surface area contributed by atoms with Crippen LogP contribution >= 0.6 is 12.2 Å². The number of allylic oxidation sites excluding steroid dienone is 1. The topological polar surface area (TPSA) is 82.7 Å². The highest BCUT2D eigenvalue weighted by atomic mass is 32.1. The molecule has 8 heteroatoms. The van der Waals surface area contributed by atoms with Gasteiger partial charge < -0.3 is 25.6 Å². The van der Waals surface area contributed by atoms with Gasteiger partial charge in [-0.25, -0.2) is 9.59 Å². The number of carbonyl (C=O) groups excluding carboxylic acids is 2. The number of thiocarbonyl (C=S) groups is 1. The Morgan fingerprint density at radius 1 is 1.03 bits per heavy atom. The van der Waals surface area contributed by atoms with Crippen LogP contribution in [-0.4, -0.2) is 35.7 Å². The first-order chi connectivity index (χ1) is 16.4. The summed E-state index contributed by atoms with van der Waals surface area (Å²) in [5.41, 5.74) is 3.45. The Morgan fingerprint density at radius 3 is 2.44 bits per heavy atom. The Bertz CT molecular complexity index is 1280. The number of rotatable bonds is 5. The maximum absolute atomic E-state index is 12.6. The van der Waals surface area contributed by atoms with Crippen LogP contribution in [0.3, 0.4) is 0 Å². The van der Waals surface area contributed by atoms with Crippen molar-refractivity contribution in [2.45, 2.75) is 19.9 Å². The van der Waals surface area contributed by atoms with Crippen LogP contribution in [0.4, 0.5) is 16.2 Å². The molecule has 4 rings (SSSR count). The molecule has 0 aromatic heterocycles. The summed E-state index contributed by atoms with van der Waals surface area (Å²) in [6.07, 6.45) is 0. The van der Waals surface area contributed by atoms with Gasteiger partial charge in [0.15, 0.2) is 5.11 Å². The normalized spacial score (nSPS) is 15.7. The lowest BCUT2D eigenvalue weighted by atomic mass is 9.95. The molecule has 0 unspecified atom stereocenters. The Kier molecular flexibility index (Phi) is 6.79. The molecule has 0 fully saturated rings. The quantitative estimate of drug-likeness (QED) is 0.349. The number of nitrogens with one attached hydrogen (secondary N) is 3. The molecule has 3 N–H and O–H groups in total. The number of urea groups is 1. The van der Waals surface area contributed by atoms with Crippen molar-refractivity contribution in [3.8, 4) is 0 Å². The van der Waals surface area contributed by atoms with E-state index in [4.69, 9.17) is 17.0 Å². The van der Waals surface area contributed by atoms with Crippen molar-refractivity contribution in [1.82, 2.24) is 10.2 Å². The highest BCUT2D eigenvalue weighted by Gasteiger charge is 2.33. The lowest BCUT2D eigenvalue weighted by molar-refractivity contribution is -0.136. The summed E-state index contributed by atoms with van der Waals surface area (Å²) in [6.45, 7) is 4.47. The third-order valence-corrected chi connectivity index (χ3v) is 6.20. The molecule has 1 aliphatic heterocycles. The van der Waals surface area contributed by atoms with Crippen LogP contribution in [0.25, 0.3) is 10.8 Å². The molecule has 1 atom stereocenters. The second-order valence-corrected chi connectivity index (χ2v) is 8.23. The molecular weight excluding hydrogens is 448 g/mol. The number of methoxy groups -OCH3 is 1. The molecule has 0 saturated heterocycles. The van der Waals surface area contributed by atoms with Gasteiger partial charge in [-0.05, 0) is 55.2 Å². The number of fused-ring (bicyclic) bond motifs is 1. The van der Waals surface area contributed by atoms with Gasteiger partial charge in [-0.2, -0.15) is 0 Å². The minimum atomic E-state index is -0.443. The number of anilines is 2. The highest BCUT2D eigenvalue weighted by molar-refractivity contribution is 7.80. The van der Waals surface area contributed by atoms with Gasteiger partial charge in [0.05, 0.1) is 24.4 Å². The van der Waals surface area contributed by atoms with Gasteiger partial charge in [-0.1, -0.05) is 48.5 Å². The van der Waals surface area contributed by atoms with Crippen molar-refractivity contribution < 1.29 is 14.3 Å². The predicted molar refractivity (Wildman–Crippen MR) is 139 cm³/mol. The summed E-state index contributed by atoms with van der Waals surface area (Å²) in [5.74, 6) is -0.410. The first-order valence-corrected chi connectivity index (χ1v) is 11.4. The molecule has 0 saturated carbocycles. The van der Waals surface area contributed by atoms with E-state index < -0.39 is 12.0 Å². The lowest BCUT2D eigenvalue weighted by Crippen LogP contribution is -2.47. The SMILES string of the molecule is CCN1C(=S)N[C@H](c2ccc(NC(=O)Nc3cccc4ccccc34)cc2)C(C(=O)OC)=C1C. The van der Waals surface area contributed by atoms with Crippen molar-refractivity contribution >= 4 is 51.5 Å². The van der Waals surface area contributed by atoms with E-state index in [9.17, 15) is 9.59 Å². The molecule has 0 aliphatic carbocycles. The fourth-order valence-corrected chi connectivity index (χ4v) is 4.55. The van der Waals surface area contributed by atoms with E-state index in [1.165, 1.54) is 7.11 Å². The van der Waals surface area contributed by atoms with Crippen LogP contribution in [0, 0.1) is 0 Å². The molecule has 0 radical (unpaired) electrons. The second kappa shape index (κ2) is 9.93. The zero-order chi connectivity index (χ0) is 24.2. The van der Waals surface area contributed by atoms with Crippen LogP contribution in [-0.2, 0) is 9.53 Å². The van der Waals surface area contributed by atoms with E-state index in [1.54, 1.807) is 12.1 Å². The van der Waals surface area contributed by atoms with Gasteiger partial charge in [0.2, 0.25) is 0 Å². The summed E-state index contributed by atoms with van der Waals surface area (Å²) >= 11 is 5.50. The van der Waals surface area contributed by atoms with Crippen molar-refractivity contribution in [2.24, 2.45) is 0 Å². The average molecular weight is 475 g/mol. The Hall–Kier alpha value is -3.91. The minimum Gasteiger partial charge on any atom is -0.466 e. The van der Waals surface area contributed by atoms with E-state index in [1.807, 2.05) is 73.3 Å². The van der Waals surface area contributed by atoms with Crippen LogP contribution in [0.5, 0.6) is 0 Å². The van der Waals surface area contributed by atoms with Crippen LogP contribution < -0.4 is 16.0 Å². The van der Waals surface area contributed by atoms with Gasteiger partial charge >= 0.3 is 12.0 Å². The average Bonchev–Trinajstić information content (AvgIpc) is 2.84. The zero-order valence-electron chi connectivity index (χ0n) is 19.2. The first-order valence-electron chi connectivity index (χ1n) is 11.0. The van der Waals surface area contributed by atoms with Crippen LogP contribution in [0.1, 0.15) is 25.5 Å². The van der Waals surface area contributed by atoms with Crippen molar-refractivity contribution in [3.63, 3.8) is 0 Å².